The number of halogens is 1. The lowest BCUT2D eigenvalue weighted by molar-refractivity contribution is 0.310. The van der Waals surface area contributed by atoms with Gasteiger partial charge in [-0.3, -0.25) is 4.98 Å². The molecule has 0 saturated heterocycles. The van der Waals surface area contributed by atoms with Crippen LogP contribution in [0, 0.1) is 19.7 Å². The van der Waals surface area contributed by atoms with E-state index in [2.05, 4.69) is 15.3 Å². The van der Waals surface area contributed by atoms with Crippen LogP contribution in [0.4, 0.5) is 10.1 Å². The number of rotatable bonds is 7. The first kappa shape index (κ1) is 19.0. The van der Waals surface area contributed by atoms with E-state index in [1.165, 1.54) is 6.20 Å². The molecule has 3 aromatic rings. The molecule has 3 N–H and O–H groups in total. The molecule has 2 aromatic heterocycles. The van der Waals surface area contributed by atoms with E-state index in [-0.39, 0.29) is 6.04 Å². The highest BCUT2D eigenvalue weighted by molar-refractivity contribution is 5.87. The first-order valence-corrected chi connectivity index (χ1v) is 9.10. The minimum Gasteiger partial charge on any atom is -0.493 e. The summed E-state index contributed by atoms with van der Waals surface area (Å²) in [5.41, 5.74) is 10.6. The Labute approximate surface area is 158 Å². The zero-order chi connectivity index (χ0) is 19.4. The van der Waals surface area contributed by atoms with Gasteiger partial charge in [0.1, 0.15) is 17.0 Å². The van der Waals surface area contributed by atoms with Gasteiger partial charge in [-0.2, -0.15) is 0 Å². The molecule has 0 saturated carbocycles. The molecule has 0 aliphatic carbocycles. The molecule has 1 atom stereocenters. The summed E-state index contributed by atoms with van der Waals surface area (Å²) in [6, 6.07) is 9.62. The van der Waals surface area contributed by atoms with Crippen molar-refractivity contribution in [3.05, 3.63) is 59.2 Å². The summed E-state index contributed by atoms with van der Waals surface area (Å²) in [6.45, 7) is 6.91. The lowest BCUT2D eigenvalue weighted by atomic mass is 10.1. The van der Waals surface area contributed by atoms with Crippen LogP contribution in [-0.2, 0) is 0 Å². The number of anilines is 1. The standard InChI is InChI=1S/C21H25FN4O/c1-13-5-8-19(16(11-13)15(3)23)27-10-4-9-24-20-17(22)12-25-18-7-6-14(2)26-21(18)20/h5-8,11-12,15H,4,9-10,23H2,1-3H3,(H,24,25)/t15-/m1/s1. The van der Waals surface area contributed by atoms with Crippen LogP contribution < -0.4 is 15.8 Å². The molecule has 27 heavy (non-hydrogen) atoms. The number of nitrogens with two attached hydrogens (primary N) is 1. The molecule has 0 unspecified atom stereocenters. The van der Waals surface area contributed by atoms with E-state index in [1.807, 2.05) is 51.1 Å². The molecule has 2 heterocycles. The summed E-state index contributed by atoms with van der Waals surface area (Å²) >= 11 is 0. The summed E-state index contributed by atoms with van der Waals surface area (Å²) in [4.78, 5) is 8.50. The third kappa shape index (κ3) is 4.52. The van der Waals surface area contributed by atoms with Gasteiger partial charge < -0.3 is 15.8 Å². The van der Waals surface area contributed by atoms with Crippen LogP contribution in [0.15, 0.2) is 36.5 Å². The smallest absolute Gasteiger partial charge is 0.166 e. The molecule has 0 radical (unpaired) electrons. The molecule has 0 aliphatic heterocycles. The Hall–Kier alpha value is -2.73. The van der Waals surface area contributed by atoms with Gasteiger partial charge in [0.15, 0.2) is 5.82 Å². The molecular weight excluding hydrogens is 343 g/mol. The predicted molar refractivity (Wildman–Crippen MR) is 107 cm³/mol. The van der Waals surface area contributed by atoms with Crippen LogP contribution in [0.2, 0.25) is 0 Å². The normalized spacial score (nSPS) is 12.2. The third-order valence-electron chi connectivity index (χ3n) is 4.34. The minimum absolute atomic E-state index is 0.0929. The number of nitrogens with zero attached hydrogens (tertiary/aromatic N) is 2. The zero-order valence-corrected chi connectivity index (χ0v) is 15.9. The van der Waals surface area contributed by atoms with E-state index in [9.17, 15) is 4.39 Å². The number of aryl methyl sites for hydroxylation is 2. The molecule has 1 aromatic carbocycles. The highest BCUT2D eigenvalue weighted by atomic mass is 19.1. The minimum atomic E-state index is -0.403. The second-order valence-electron chi connectivity index (χ2n) is 6.76. The summed E-state index contributed by atoms with van der Waals surface area (Å²) in [7, 11) is 0. The molecule has 142 valence electrons. The molecular formula is C21H25FN4O. The molecule has 0 fully saturated rings. The summed E-state index contributed by atoms with van der Waals surface area (Å²) in [5, 5.41) is 3.13. The maximum absolute atomic E-state index is 14.2. The predicted octanol–water partition coefficient (Wildman–Crippen LogP) is 4.29. The first-order chi connectivity index (χ1) is 13.0. The largest absolute Gasteiger partial charge is 0.493 e. The fourth-order valence-corrected chi connectivity index (χ4v) is 2.93. The van der Waals surface area contributed by atoms with Crippen LogP contribution in [0.1, 0.15) is 36.2 Å². The Morgan fingerprint density at radius 2 is 2.04 bits per heavy atom. The van der Waals surface area contributed by atoms with Crippen LogP contribution in [0.25, 0.3) is 11.0 Å². The number of hydrogen-bond acceptors (Lipinski definition) is 5. The number of pyridine rings is 2. The molecule has 0 amide bonds. The van der Waals surface area contributed by atoms with Crippen molar-refractivity contribution < 1.29 is 9.13 Å². The van der Waals surface area contributed by atoms with Gasteiger partial charge in [-0.25, -0.2) is 9.37 Å². The van der Waals surface area contributed by atoms with Gasteiger partial charge in [0.05, 0.1) is 18.3 Å². The average Bonchev–Trinajstić information content (AvgIpc) is 2.64. The van der Waals surface area contributed by atoms with Gasteiger partial charge in [-0.1, -0.05) is 17.7 Å². The molecule has 6 heteroatoms. The van der Waals surface area contributed by atoms with Crippen LogP contribution in [-0.4, -0.2) is 23.1 Å². The lowest BCUT2D eigenvalue weighted by Crippen LogP contribution is -2.12. The third-order valence-corrected chi connectivity index (χ3v) is 4.34. The molecule has 0 bridgehead atoms. The van der Waals surface area contributed by atoms with E-state index in [0.717, 1.165) is 22.6 Å². The fourth-order valence-electron chi connectivity index (χ4n) is 2.93. The monoisotopic (exact) mass is 368 g/mol. The number of fused-ring (bicyclic) bond motifs is 1. The zero-order valence-electron chi connectivity index (χ0n) is 15.9. The fraction of sp³-hybridized carbons (Fsp3) is 0.333. The molecule has 3 rings (SSSR count). The number of benzene rings is 1. The number of nitrogens with one attached hydrogen (secondary N) is 1. The Bertz CT molecular complexity index is 938. The van der Waals surface area contributed by atoms with E-state index >= 15 is 0 Å². The Balaban J connectivity index is 1.61. The van der Waals surface area contributed by atoms with Crippen molar-refractivity contribution in [1.82, 2.24) is 9.97 Å². The second-order valence-corrected chi connectivity index (χ2v) is 6.76. The van der Waals surface area contributed by atoms with E-state index in [4.69, 9.17) is 10.5 Å². The average molecular weight is 368 g/mol. The highest BCUT2D eigenvalue weighted by Crippen LogP contribution is 2.26. The highest BCUT2D eigenvalue weighted by Gasteiger charge is 2.11. The van der Waals surface area contributed by atoms with Gasteiger partial charge in [0.25, 0.3) is 0 Å². The van der Waals surface area contributed by atoms with Gasteiger partial charge in [0, 0.05) is 23.8 Å². The van der Waals surface area contributed by atoms with Crippen LogP contribution in [0.5, 0.6) is 5.75 Å². The quantitative estimate of drug-likeness (QED) is 0.609. The van der Waals surface area contributed by atoms with Crippen LogP contribution >= 0.6 is 0 Å². The SMILES string of the molecule is Cc1ccc(OCCCNc2c(F)cnc3ccc(C)nc23)c([C@@H](C)N)c1. The number of aromatic nitrogens is 2. The maximum atomic E-state index is 14.2. The van der Waals surface area contributed by atoms with Crippen molar-refractivity contribution >= 4 is 16.7 Å². The number of ether oxygens (including phenoxy) is 1. The molecule has 0 aliphatic rings. The van der Waals surface area contributed by atoms with Gasteiger partial charge in [-0.05, 0) is 45.4 Å². The molecule has 0 spiro atoms. The first-order valence-electron chi connectivity index (χ1n) is 9.10. The lowest BCUT2D eigenvalue weighted by Gasteiger charge is -2.15. The summed E-state index contributed by atoms with van der Waals surface area (Å²) in [5.74, 6) is 0.396. The Morgan fingerprint density at radius 1 is 1.22 bits per heavy atom. The Morgan fingerprint density at radius 3 is 2.81 bits per heavy atom. The van der Waals surface area contributed by atoms with Crippen LogP contribution in [0.3, 0.4) is 0 Å². The van der Waals surface area contributed by atoms with Crippen molar-refractivity contribution in [2.45, 2.75) is 33.2 Å². The second kappa shape index (κ2) is 8.31. The van der Waals surface area contributed by atoms with E-state index in [0.29, 0.717) is 36.3 Å². The van der Waals surface area contributed by atoms with Crippen molar-refractivity contribution in [3.8, 4) is 5.75 Å². The van der Waals surface area contributed by atoms with Crippen molar-refractivity contribution in [1.29, 1.82) is 0 Å². The summed E-state index contributed by atoms with van der Waals surface area (Å²) < 4.78 is 20.1. The summed E-state index contributed by atoms with van der Waals surface area (Å²) in [6.07, 6.45) is 1.93. The number of hydrogen-bond donors (Lipinski definition) is 2. The van der Waals surface area contributed by atoms with Gasteiger partial charge >= 0.3 is 0 Å². The van der Waals surface area contributed by atoms with Crippen molar-refractivity contribution in [2.24, 2.45) is 5.73 Å². The van der Waals surface area contributed by atoms with Crippen molar-refractivity contribution in [2.75, 3.05) is 18.5 Å². The van der Waals surface area contributed by atoms with Crippen molar-refractivity contribution in [3.63, 3.8) is 0 Å². The maximum Gasteiger partial charge on any atom is 0.166 e. The van der Waals surface area contributed by atoms with E-state index in [1.54, 1.807) is 0 Å². The van der Waals surface area contributed by atoms with Gasteiger partial charge in [0.2, 0.25) is 0 Å². The topological polar surface area (TPSA) is 73.1 Å². The van der Waals surface area contributed by atoms with Gasteiger partial charge in [-0.15, -0.1) is 0 Å². The Kier molecular flexibility index (Phi) is 5.86. The molecule has 5 nitrogen and oxygen atoms in total. The van der Waals surface area contributed by atoms with E-state index < -0.39 is 5.82 Å².